The molecule has 0 amide bonds. The summed E-state index contributed by atoms with van der Waals surface area (Å²) in [5, 5.41) is 30.8. The predicted molar refractivity (Wildman–Crippen MR) is 79.4 cm³/mol. The zero-order valence-electron chi connectivity index (χ0n) is 11.6. The Morgan fingerprint density at radius 3 is 2.52 bits per heavy atom. The SMILES string of the molecule is CC(Nc1ccc(OCC#N)cc1)c1ccc(O)cc1O. The van der Waals surface area contributed by atoms with Crippen LogP contribution in [-0.4, -0.2) is 16.8 Å². The standard InChI is InChI=1S/C16H16N2O3/c1-11(15-7-4-13(19)10-16(15)20)18-12-2-5-14(6-3-12)21-9-8-17/h2-7,10-11,18-20H,9H2,1H3. The predicted octanol–water partition coefficient (Wildman–Crippen LogP) is 3.17. The number of nitriles is 1. The molecule has 2 aromatic rings. The Morgan fingerprint density at radius 2 is 1.90 bits per heavy atom. The number of phenols is 2. The molecule has 0 aliphatic carbocycles. The highest BCUT2D eigenvalue weighted by Crippen LogP contribution is 2.30. The van der Waals surface area contributed by atoms with Gasteiger partial charge in [-0.2, -0.15) is 5.26 Å². The van der Waals surface area contributed by atoms with Gasteiger partial charge in [-0.15, -0.1) is 0 Å². The van der Waals surface area contributed by atoms with E-state index in [9.17, 15) is 10.2 Å². The van der Waals surface area contributed by atoms with Gasteiger partial charge in [0.15, 0.2) is 6.61 Å². The van der Waals surface area contributed by atoms with Crippen LogP contribution in [-0.2, 0) is 0 Å². The number of aromatic hydroxyl groups is 2. The van der Waals surface area contributed by atoms with Crippen molar-refractivity contribution in [1.82, 2.24) is 0 Å². The van der Waals surface area contributed by atoms with Gasteiger partial charge >= 0.3 is 0 Å². The smallest absolute Gasteiger partial charge is 0.174 e. The number of nitrogens with zero attached hydrogens (tertiary/aromatic N) is 1. The molecule has 0 spiro atoms. The van der Waals surface area contributed by atoms with E-state index >= 15 is 0 Å². The summed E-state index contributed by atoms with van der Waals surface area (Å²) in [6.45, 7) is 1.93. The van der Waals surface area contributed by atoms with Crippen LogP contribution < -0.4 is 10.1 Å². The third-order valence-electron chi connectivity index (χ3n) is 3.02. The van der Waals surface area contributed by atoms with E-state index in [2.05, 4.69) is 5.32 Å². The summed E-state index contributed by atoms with van der Waals surface area (Å²) < 4.78 is 5.18. The van der Waals surface area contributed by atoms with E-state index in [0.717, 1.165) is 5.69 Å². The van der Waals surface area contributed by atoms with Crippen molar-refractivity contribution in [3.8, 4) is 23.3 Å². The largest absolute Gasteiger partial charge is 0.508 e. The fourth-order valence-electron chi connectivity index (χ4n) is 1.99. The molecular formula is C16H16N2O3. The van der Waals surface area contributed by atoms with Crippen LogP contribution in [0.5, 0.6) is 17.2 Å². The molecule has 0 aliphatic rings. The summed E-state index contributed by atoms with van der Waals surface area (Å²) >= 11 is 0. The van der Waals surface area contributed by atoms with Crippen LogP contribution in [0.2, 0.25) is 0 Å². The highest BCUT2D eigenvalue weighted by Gasteiger charge is 2.10. The third-order valence-corrected chi connectivity index (χ3v) is 3.02. The first-order chi connectivity index (χ1) is 10.1. The van der Waals surface area contributed by atoms with Gasteiger partial charge in [0.1, 0.15) is 23.3 Å². The molecule has 1 atom stereocenters. The Bertz CT molecular complexity index is 648. The molecular weight excluding hydrogens is 268 g/mol. The summed E-state index contributed by atoms with van der Waals surface area (Å²) in [4.78, 5) is 0. The number of phenolic OH excluding ortho intramolecular Hbond substituents is 2. The van der Waals surface area contributed by atoms with Crippen LogP contribution >= 0.6 is 0 Å². The minimum absolute atomic E-state index is 0.0184. The molecule has 3 N–H and O–H groups in total. The van der Waals surface area contributed by atoms with E-state index in [1.165, 1.54) is 12.1 Å². The molecule has 0 bridgehead atoms. The second kappa shape index (κ2) is 6.53. The average Bonchev–Trinajstić information content (AvgIpc) is 2.46. The van der Waals surface area contributed by atoms with Crippen molar-refractivity contribution in [1.29, 1.82) is 5.26 Å². The van der Waals surface area contributed by atoms with Gasteiger partial charge in [-0.25, -0.2) is 0 Å². The van der Waals surface area contributed by atoms with Crippen molar-refractivity contribution in [3.63, 3.8) is 0 Å². The topological polar surface area (TPSA) is 85.5 Å². The fourth-order valence-corrected chi connectivity index (χ4v) is 1.99. The van der Waals surface area contributed by atoms with E-state index in [4.69, 9.17) is 10.00 Å². The van der Waals surface area contributed by atoms with Crippen molar-refractivity contribution >= 4 is 5.69 Å². The summed E-state index contributed by atoms with van der Waals surface area (Å²) in [6.07, 6.45) is 0. The lowest BCUT2D eigenvalue weighted by Gasteiger charge is -2.17. The quantitative estimate of drug-likeness (QED) is 0.785. The second-order valence-corrected chi connectivity index (χ2v) is 4.58. The van der Waals surface area contributed by atoms with Gasteiger partial charge in [0.2, 0.25) is 0 Å². The first-order valence-corrected chi connectivity index (χ1v) is 6.48. The molecule has 0 aromatic heterocycles. The molecule has 5 nitrogen and oxygen atoms in total. The summed E-state index contributed by atoms with van der Waals surface area (Å²) in [5.74, 6) is 0.702. The van der Waals surface area contributed by atoms with Crippen molar-refractivity contribution in [2.75, 3.05) is 11.9 Å². The van der Waals surface area contributed by atoms with Gasteiger partial charge in [0.05, 0.1) is 6.04 Å². The molecule has 0 aliphatic heterocycles. The zero-order valence-corrected chi connectivity index (χ0v) is 11.6. The molecule has 5 heteroatoms. The molecule has 108 valence electrons. The van der Waals surface area contributed by atoms with Gasteiger partial charge < -0.3 is 20.3 Å². The van der Waals surface area contributed by atoms with Crippen molar-refractivity contribution in [2.24, 2.45) is 0 Å². The van der Waals surface area contributed by atoms with E-state index in [1.807, 2.05) is 25.1 Å². The van der Waals surface area contributed by atoms with E-state index in [1.54, 1.807) is 18.2 Å². The van der Waals surface area contributed by atoms with Crippen LogP contribution in [0.3, 0.4) is 0 Å². The summed E-state index contributed by atoms with van der Waals surface area (Å²) in [5.41, 5.74) is 1.55. The van der Waals surface area contributed by atoms with Crippen molar-refractivity contribution in [2.45, 2.75) is 13.0 Å². The van der Waals surface area contributed by atoms with Gasteiger partial charge in [0, 0.05) is 17.3 Å². The first kappa shape index (κ1) is 14.5. The minimum atomic E-state index is -0.128. The average molecular weight is 284 g/mol. The monoisotopic (exact) mass is 284 g/mol. The Kier molecular flexibility index (Phi) is 4.52. The van der Waals surface area contributed by atoms with Gasteiger partial charge in [-0.3, -0.25) is 0 Å². The maximum absolute atomic E-state index is 9.83. The molecule has 0 heterocycles. The van der Waals surface area contributed by atoms with Crippen molar-refractivity contribution in [3.05, 3.63) is 48.0 Å². The number of rotatable bonds is 5. The lowest BCUT2D eigenvalue weighted by atomic mass is 10.1. The molecule has 0 saturated carbocycles. The van der Waals surface area contributed by atoms with Gasteiger partial charge in [0.25, 0.3) is 0 Å². The molecule has 2 rings (SSSR count). The first-order valence-electron chi connectivity index (χ1n) is 6.48. The molecule has 1 unspecified atom stereocenters. The third kappa shape index (κ3) is 3.80. The lowest BCUT2D eigenvalue weighted by Crippen LogP contribution is -2.06. The van der Waals surface area contributed by atoms with Crippen LogP contribution in [0.1, 0.15) is 18.5 Å². The van der Waals surface area contributed by atoms with Gasteiger partial charge in [-0.1, -0.05) is 0 Å². The number of nitrogens with one attached hydrogen (secondary N) is 1. The molecule has 21 heavy (non-hydrogen) atoms. The lowest BCUT2D eigenvalue weighted by molar-refractivity contribution is 0.368. The maximum atomic E-state index is 9.83. The van der Waals surface area contributed by atoms with E-state index in [-0.39, 0.29) is 24.1 Å². The second-order valence-electron chi connectivity index (χ2n) is 4.58. The molecule has 2 aromatic carbocycles. The molecule has 0 fully saturated rings. The Labute approximate surface area is 123 Å². The highest BCUT2D eigenvalue weighted by atomic mass is 16.5. The van der Waals surface area contributed by atoms with E-state index in [0.29, 0.717) is 11.3 Å². The van der Waals surface area contributed by atoms with Crippen molar-refractivity contribution < 1.29 is 14.9 Å². The summed E-state index contributed by atoms with van der Waals surface area (Å²) in [6, 6.07) is 13.5. The maximum Gasteiger partial charge on any atom is 0.174 e. The fraction of sp³-hybridized carbons (Fsp3) is 0.188. The number of hydrogen-bond acceptors (Lipinski definition) is 5. The zero-order chi connectivity index (χ0) is 15.2. The van der Waals surface area contributed by atoms with E-state index < -0.39 is 0 Å². The Morgan fingerprint density at radius 1 is 1.19 bits per heavy atom. The number of hydrogen-bond donors (Lipinski definition) is 3. The summed E-state index contributed by atoms with van der Waals surface area (Å²) in [7, 11) is 0. The Balaban J connectivity index is 2.05. The normalized spacial score (nSPS) is 11.4. The number of benzene rings is 2. The van der Waals surface area contributed by atoms with Crippen LogP contribution in [0, 0.1) is 11.3 Å². The number of anilines is 1. The van der Waals surface area contributed by atoms with Crippen LogP contribution in [0.15, 0.2) is 42.5 Å². The highest BCUT2D eigenvalue weighted by molar-refractivity contribution is 5.50. The van der Waals surface area contributed by atoms with Crippen LogP contribution in [0.25, 0.3) is 0 Å². The molecule has 0 saturated heterocycles. The minimum Gasteiger partial charge on any atom is -0.508 e. The Hall–Kier alpha value is -2.87. The van der Waals surface area contributed by atoms with Gasteiger partial charge in [-0.05, 0) is 43.3 Å². The van der Waals surface area contributed by atoms with Crippen LogP contribution in [0.4, 0.5) is 5.69 Å². The molecule has 0 radical (unpaired) electrons. The number of ether oxygens (including phenoxy) is 1.